The minimum Gasteiger partial charge on any atom is -0.507 e. The van der Waals surface area contributed by atoms with Crippen molar-refractivity contribution in [1.82, 2.24) is 10.9 Å². The number of amides is 1. The van der Waals surface area contributed by atoms with Crippen LogP contribution in [0.25, 0.3) is 0 Å². The number of carbonyl (C=O) groups excluding carboxylic acids is 1. The highest BCUT2D eigenvalue weighted by molar-refractivity contribution is 6.39. The van der Waals surface area contributed by atoms with Gasteiger partial charge < -0.3 is 5.11 Å². The van der Waals surface area contributed by atoms with Crippen molar-refractivity contribution in [2.45, 2.75) is 12.0 Å². The third-order valence-electron chi connectivity index (χ3n) is 4.97. The average molecular weight is 419 g/mol. The summed E-state index contributed by atoms with van der Waals surface area (Å²) >= 11 is 5.92. The van der Waals surface area contributed by atoms with Gasteiger partial charge in [-0.25, -0.2) is 5.43 Å². The second-order valence-electron chi connectivity index (χ2n) is 6.89. The molecule has 150 valence electrons. The fraction of sp³-hybridized carbons (Fsp3) is 0.0870. The maximum absolute atomic E-state index is 12.7. The Morgan fingerprint density at radius 1 is 1.07 bits per heavy atom. The first kappa shape index (κ1) is 19.7. The molecule has 0 aromatic heterocycles. The smallest absolute Gasteiger partial charge is 0.287 e. The third-order valence-corrected chi connectivity index (χ3v) is 5.20. The zero-order valence-electron chi connectivity index (χ0n) is 15.9. The van der Waals surface area contributed by atoms with Crippen molar-refractivity contribution in [3.8, 4) is 5.75 Å². The van der Waals surface area contributed by atoms with Gasteiger partial charge >= 0.3 is 0 Å². The number of nitrogens with zero attached hydrogens (tertiary/aromatic N) is 2. The molecule has 1 amide bonds. The quantitative estimate of drug-likeness (QED) is 0.435. The molecule has 0 atom stereocenters. The number of halogens is 1. The van der Waals surface area contributed by atoms with E-state index >= 15 is 0 Å². The predicted molar refractivity (Wildman–Crippen MR) is 118 cm³/mol. The van der Waals surface area contributed by atoms with Crippen LogP contribution in [0.1, 0.15) is 23.1 Å². The highest BCUT2D eigenvalue weighted by Crippen LogP contribution is 2.36. The second kappa shape index (κ2) is 8.39. The maximum Gasteiger partial charge on any atom is 0.287 e. The highest BCUT2D eigenvalue weighted by atomic mass is 35.5. The van der Waals surface area contributed by atoms with E-state index in [4.69, 9.17) is 11.6 Å². The Morgan fingerprint density at radius 3 is 2.33 bits per heavy atom. The first-order valence-corrected chi connectivity index (χ1v) is 9.73. The van der Waals surface area contributed by atoms with Gasteiger partial charge in [-0.3, -0.25) is 10.2 Å². The van der Waals surface area contributed by atoms with E-state index in [0.717, 1.165) is 11.1 Å². The zero-order valence-corrected chi connectivity index (χ0v) is 16.7. The number of hydrazone groups is 2. The Bertz CT molecular complexity index is 1080. The first-order valence-electron chi connectivity index (χ1n) is 9.35. The summed E-state index contributed by atoms with van der Waals surface area (Å²) < 4.78 is 0. The van der Waals surface area contributed by atoms with Crippen LogP contribution in [0.15, 0.2) is 89.1 Å². The van der Waals surface area contributed by atoms with Gasteiger partial charge in [-0.1, -0.05) is 72.3 Å². The Hall–Kier alpha value is -3.64. The largest absolute Gasteiger partial charge is 0.507 e. The highest BCUT2D eigenvalue weighted by Gasteiger charge is 2.41. The van der Waals surface area contributed by atoms with Crippen LogP contribution in [0, 0.1) is 0 Å². The molecule has 1 aliphatic heterocycles. The summed E-state index contributed by atoms with van der Waals surface area (Å²) in [5.41, 5.74) is 7.76. The van der Waals surface area contributed by atoms with Gasteiger partial charge in [0.2, 0.25) is 0 Å². The number of rotatable bonds is 5. The number of nitrogens with one attached hydrogen (secondary N) is 2. The number of benzene rings is 3. The molecule has 0 radical (unpaired) electrons. The summed E-state index contributed by atoms with van der Waals surface area (Å²) in [5, 5.41) is 18.5. The molecule has 0 saturated carbocycles. The summed E-state index contributed by atoms with van der Waals surface area (Å²) in [6, 6.07) is 24.4. The average Bonchev–Trinajstić information content (AvgIpc) is 3.24. The number of phenols is 1. The molecule has 0 spiro atoms. The van der Waals surface area contributed by atoms with E-state index in [1.807, 2.05) is 60.7 Å². The Labute approximate surface area is 178 Å². The van der Waals surface area contributed by atoms with Gasteiger partial charge in [0.15, 0.2) is 0 Å². The molecule has 1 aliphatic rings. The van der Waals surface area contributed by atoms with Crippen molar-refractivity contribution >= 4 is 29.4 Å². The molecule has 0 aliphatic carbocycles. The molecule has 3 aromatic carbocycles. The van der Waals surface area contributed by atoms with Gasteiger partial charge in [0, 0.05) is 17.0 Å². The van der Waals surface area contributed by atoms with Crippen molar-refractivity contribution in [3.63, 3.8) is 0 Å². The number of hydrogen-bond acceptors (Lipinski definition) is 5. The van der Waals surface area contributed by atoms with Crippen molar-refractivity contribution in [3.05, 3.63) is 101 Å². The second-order valence-corrected chi connectivity index (χ2v) is 7.32. The molecule has 4 rings (SSSR count). The molecule has 0 saturated heterocycles. The van der Waals surface area contributed by atoms with Crippen LogP contribution in [0.5, 0.6) is 5.75 Å². The predicted octanol–water partition coefficient (Wildman–Crippen LogP) is 3.79. The summed E-state index contributed by atoms with van der Waals surface area (Å²) in [5.74, 6) is -0.404. The fourth-order valence-electron chi connectivity index (χ4n) is 3.42. The van der Waals surface area contributed by atoms with Crippen LogP contribution >= 0.6 is 11.6 Å². The molecule has 6 nitrogen and oxygen atoms in total. The van der Waals surface area contributed by atoms with Crippen LogP contribution in [0.3, 0.4) is 0 Å². The van der Waals surface area contributed by atoms with Crippen molar-refractivity contribution < 1.29 is 9.90 Å². The molecule has 3 aromatic rings. The standard InChI is InChI=1S/C23H19ClN4O2/c24-19-11-12-21(29)16(13-19)15-25-27-22(30)20-14-23(28-26-20,17-7-3-1-4-8-17)18-9-5-2-6-10-18/h1-13,15,28-29H,14H2,(H,27,30). The summed E-state index contributed by atoms with van der Waals surface area (Å²) in [6.07, 6.45) is 1.70. The van der Waals surface area contributed by atoms with Crippen LogP contribution in [0.4, 0.5) is 0 Å². The normalized spacial score (nSPS) is 14.9. The van der Waals surface area contributed by atoms with Gasteiger partial charge in [-0.05, 0) is 29.3 Å². The van der Waals surface area contributed by atoms with Crippen LogP contribution < -0.4 is 10.9 Å². The van der Waals surface area contributed by atoms with Crippen molar-refractivity contribution in [2.75, 3.05) is 0 Å². The van der Waals surface area contributed by atoms with Gasteiger partial charge in [0.25, 0.3) is 5.91 Å². The van der Waals surface area contributed by atoms with Crippen molar-refractivity contribution in [2.24, 2.45) is 10.2 Å². The molecule has 30 heavy (non-hydrogen) atoms. The molecule has 0 bridgehead atoms. The van der Waals surface area contributed by atoms with E-state index in [9.17, 15) is 9.90 Å². The summed E-state index contributed by atoms with van der Waals surface area (Å²) in [7, 11) is 0. The molecule has 0 unspecified atom stereocenters. The topological polar surface area (TPSA) is 86.1 Å². The molecule has 1 heterocycles. The molecule has 3 N–H and O–H groups in total. The van der Waals surface area contributed by atoms with Crippen LogP contribution in [0.2, 0.25) is 5.02 Å². The lowest BCUT2D eigenvalue weighted by atomic mass is 9.80. The third kappa shape index (κ3) is 3.90. The summed E-state index contributed by atoms with van der Waals surface area (Å²) in [4.78, 5) is 12.7. The Morgan fingerprint density at radius 2 is 1.70 bits per heavy atom. The van der Waals surface area contributed by atoms with Crippen LogP contribution in [-0.4, -0.2) is 22.9 Å². The van der Waals surface area contributed by atoms with Gasteiger partial charge in [0.05, 0.1) is 6.21 Å². The van der Waals surface area contributed by atoms with E-state index in [1.54, 1.807) is 12.1 Å². The molecule has 7 heteroatoms. The fourth-order valence-corrected chi connectivity index (χ4v) is 3.60. The lowest BCUT2D eigenvalue weighted by Gasteiger charge is -2.30. The number of hydrogen-bond donors (Lipinski definition) is 3. The Kier molecular flexibility index (Phi) is 5.50. The lowest BCUT2D eigenvalue weighted by molar-refractivity contribution is -0.114. The van der Waals surface area contributed by atoms with E-state index in [2.05, 4.69) is 21.1 Å². The number of aromatic hydroxyl groups is 1. The SMILES string of the molecule is O=C(NN=Cc1cc(Cl)ccc1O)C1=NNC(c2ccccc2)(c2ccccc2)C1. The lowest BCUT2D eigenvalue weighted by Crippen LogP contribution is -2.38. The van der Waals surface area contributed by atoms with E-state index in [-0.39, 0.29) is 5.75 Å². The monoisotopic (exact) mass is 418 g/mol. The molecular weight excluding hydrogens is 400 g/mol. The maximum atomic E-state index is 12.7. The van der Waals surface area contributed by atoms with Crippen molar-refractivity contribution in [1.29, 1.82) is 0 Å². The number of phenolic OH excluding ortho intramolecular Hbond substituents is 1. The number of carbonyl (C=O) groups is 1. The molecule has 0 fully saturated rings. The van der Waals surface area contributed by atoms with E-state index in [1.165, 1.54) is 12.3 Å². The van der Waals surface area contributed by atoms with Gasteiger partial charge in [-0.15, -0.1) is 0 Å². The van der Waals surface area contributed by atoms with Gasteiger partial charge in [-0.2, -0.15) is 10.2 Å². The van der Waals surface area contributed by atoms with Crippen LogP contribution in [-0.2, 0) is 10.3 Å². The minimum absolute atomic E-state index is 0.0180. The first-order chi connectivity index (χ1) is 14.6. The summed E-state index contributed by atoms with van der Waals surface area (Å²) in [6.45, 7) is 0. The minimum atomic E-state index is -0.635. The van der Waals surface area contributed by atoms with E-state index in [0.29, 0.717) is 22.7 Å². The van der Waals surface area contributed by atoms with Gasteiger partial charge in [0.1, 0.15) is 17.0 Å². The Balaban J connectivity index is 1.53. The van der Waals surface area contributed by atoms with E-state index < -0.39 is 11.4 Å². The molecular formula is C23H19ClN4O2. The zero-order chi connectivity index (χ0) is 21.0.